The number of hydrogen-bond donors (Lipinski definition) is 2. The maximum Gasteiger partial charge on any atom is 0.289 e. The number of rotatable bonds is 13. The van der Waals surface area contributed by atoms with E-state index >= 15 is 0 Å². The summed E-state index contributed by atoms with van der Waals surface area (Å²) < 4.78 is -1.11. The third-order valence-electron chi connectivity index (χ3n) is 8.56. The van der Waals surface area contributed by atoms with Crippen molar-refractivity contribution in [2.75, 3.05) is 13.1 Å². The molecule has 0 spiro atoms. The Kier molecular flexibility index (Phi) is 10.9. The number of Topliss-reactive ketones (excluding diaryl/α,β-unsaturated/α-hetero) is 2. The molecule has 3 rings (SSSR count). The molecular formula is C30H45Cl2N3O5. The standard InChI is InChI=1S/C30H45Cl2N3O5/c1-6-7-13-22(25(37)27(39)33-15-14-20(36)16-29(3,4)5)34-26(38)24-23-21(30(23,31)32)17-35(24)28(40)18(2)19-11-9-8-10-12-19/h6,18-19,21-24H,1,7-17H2,2-5H3,(H,33,39)(H,34,38)/t18-,21-,22?,23-,24-/m0/s1. The summed E-state index contributed by atoms with van der Waals surface area (Å²) >= 11 is 13.0. The van der Waals surface area contributed by atoms with Gasteiger partial charge in [-0.3, -0.25) is 24.0 Å². The Labute approximate surface area is 248 Å². The Morgan fingerprint density at radius 1 is 1.10 bits per heavy atom. The molecule has 224 valence electrons. The number of halogens is 2. The number of allylic oxidation sites excluding steroid dienone is 1. The lowest BCUT2D eigenvalue weighted by atomic mass is 9.80. The van der Waals surface area contributed by atoms with Gasteiger partial charge in [0.1, 0.15) is 16.2 Å². The van der Waals surface area contributed by atoms with Crippen molar-refractivity contribution in [3.05, 3.63) is 12.7 Å². The van der Waals surface area contributed by atoms with Gasteiger partial charge in [-0.15, -0.1) is 29.8 Å². The van der Waals surface area contributed by atoms with Gasteiger partial charge in [0.15, 0.2) is 0 Å². The number of nitrogens with zero attached hydrogens (tertiary/aromatic N) is 1. The Balaban J connectivity index is 1.66. The molecule has 5 atom stereocenters. The topological polar surface area (TPSA) is 113 Å². The van der Waals surface area contributed by atoms with Crippen LogP contribution in [0.3, 0.4) is 0 Å². The van der Waals surface area contributed by atoms with Crippen LogP contribution in [0.5, 0.6) is 0 Å². The molecule has 0 aromatic heterocycles. The minimum Gasteiger partial charge on any atom is -0.349 e. The second kappa shape index (κ2) is 13.4. The summed E-state index contributed by atoms with van der Waals surface area (Å²) in [5.41, 5.74) is -0.162. The largest absolute Gasteiger partial charge is 0.349 e. The molecule has 3 aliphatic rings. The van der Waals surface area contributed by atoms with Gasteiger partial charge in [-0.2, -0.15) is 0 Å². The summed E-state index contributed by atoms with van der Waals surface area (Å²) in [7, 11) is 0. The third-order valence-corrected chi connectivity index (χ3v) is 9.63. The number of hydrogen-bond acceptors (Lipinski definition) is 5. The van der Waals surface area contributed by atoms with Crippen LogP contribution in [-0.2, 0) is 24.0 Å². The maximum absolute atomic E-state index is 13.6. The molecule has 0 bridgehead atoms. The first-order chi connectivity index (χ1) is 18.7. The number of carbonyl (C=O) groups excluding carboxylic acids is 5. The number of alkyl halides is 2. The van der Waals surface area contributed by atoms with Crippen LogP contribution >= 0.6 is 23.2 Å². The fraction of sp³-hybridized carbons (Fsp3) is 0.767. The molecule has 2 saturated carbocycles. The normalized spacial score (nSPS) is 25.4. The van der Waals surface area contributed by atoms with Crippen molar-refractivity contribution in [2.24, 2.45) is 29.1 Å². The van der Waals surface area contributed by atoms with E-state index in [2.05, 4.69) is 17.2 Å². The highest BCUT2D eigenvalue weighted by Gasteiger charge is 2.74. The monoisotopic (exact) mass is 597 g/mol. The zero-order chi connectivity index (χ0) is 29.8. The van der Waals surface area contributed by atoms with Crippen molar-refractivity contribution < 1.29 is 24.0 Å². The lowest BCUT2D eigenvalue weighted by molar-refractivity contribution is -0.145. The van der Waals surface area contributed by atoms with Crippen molar-refractivity contribution in [1.82, 2.24) is 15.5 Å². The molecule has 2 aliphatic carbocycles. The van der Waals surface area contributed by atoms with Crippen molar-refractivity contribution in [2.45, 2.75) is 102 Å². The summed E-state index contributed by atoms with van der Waals surface area (Å²) in [6, 6.07) is -2.02. The van der Waals surface area contributed by atoms with E-state index in [9.17, 15) is 24.0 Å². The molecule has 2 N–H and O–H groups in total. The van der Waals surface area contributed by atoms with E-state index in [1.807, 2.05) is 27.7 Å². The second-order valence-electron chi connectivity index (χ2n) is 13.0. The lowest BCUT2D eigenvalue weighted by Gasteiger charge is -2.35. The van der Waals surface area contributed by atoms with E-state index in [1.54, 1.807) is 11.0 Å². The number of nitrogens with one attached hydrogen (secondary N) is 2. The molecule has 40 heavy (non-hydrogen) atoms. The SMILES string of the molecule is C=CCCC(NC(=O)[C@@H]1[C@@H]2[C@H](CN1C(=O)[C@@H](C)C1CCCCC1)C2(Cl)Cl)C(=O)C(=O)NCCC(=O)CC(C)(C)C. The molecule has 10 heteroatoms. The van der Waals surface area contributed by atoms with Crippen LogP contribution in [0.25, 0.3) is 0 Å². The number of likely N-dealkylation sites (tertiary alicyclic amines) is 1. The summed E-state index contributed by atoms with van der Waals surface area (Å²) in [4.78, 5) is 66.7. The van der Waals surface area contributed by atoms with Crippen molar-refractivity contribution in [3.63, 3.8) is 0 Å². The van der Waals surface area contributed by atoms with Crippen LogP contribution < -0.4 is 10.6 Å². The zero-order valence-corrected chi connectivity index (χ0v) is 25.8. The van der Waals surface area contributed by atoms with Crippen LogP contribution in [0, 0.1) is 29.1 Å². The van der Waals surface area contributed by atoms with E-state index in [0.717, 1.165) is 25.7 Å². The van der Waals surface area contributed by atoms with Gasteiger partial charge < -0.3 is 15.5 Å². The molecule has 8 nitrogen and oxygen atoms in total. The Morgan fingerprint density at radius 3 is 2.35 bits per heavy atom. The van der Waals surface area contributed by atoms with Gasteiger partial charge in [-0.05, 0) is 37.0 Å². The van der Waals surface area contributed by atoms with Crippen LogP contribution in [0.15, 0.2) is 12.7 Å². The molecule has 1 unspecified atom stereocenters. The number of ketones is 2. The quantitative estimate of drug-likeness (QED) is 0.186. The van der Waals surface area contributed by atoms with Crippen LogP contribution in [0.2, 0.25) is 0 Å². The molecule has 0 aromatic carbocycles. The van der Waals surface area contributed by atoms with Crippen molar-refractivity contribution in [1.29, 1.82) is 0 Å². The van der Waals surface area contributed by atoms with Crippen LogP contribution in [-0.4, -0.2) is 63.7 Å². The molecule has 1 saturated heterocycles. The summed E-state index contributed by atoms with van der Waals surface area (Å²) in [5.74, 6) is -2.89. The molecule has 3 amide bonds. The highest BCUT2D eigenvalue weighted by Crippen LogP contribution is 2.65. The van der Waals surface area contributed by atoms with Gasteiger partial charge in [0.25, 0.3) is 5.91 Å². The fourth-order valence-electron chi connectivity index (χ4n) is 6.28. The maximum atomic E-state index is 13.6. The molecule has 1 heterocycles. The van der Waals surface area contributed by atoms with Crippen molar-refractivity contribution in [3.8, 4) is 0 Å². The average Bonchev–Trinajstić information content (AvgIpc) is 3.22. The predicted octanol–water partition coefficient (Wildman–Crippen LogP) is 4.37. The van der Waals surface area contributed by atoms with Gasteiger partial charge in [0, 0.05) is 43.7 Å². The van der Waals surface area contributed by atoms with Gasteiger partial charge >= 0.3 is 0 Å². The Bertz CT molecular complexity index is 1000. The molecule has 1 aliphatic heterocycles. The second-order valence-corrected chi connectivity index (χ2v) is 14.4. The summed E-state index contributed by atoms with van der Waals surface area (Å²) in [6.07, 6.45) is 8.02. The number of amides is 3. The van der Waals surface area contributed by atoms with Gasteiger partial charge in [-0.1, -0.05) is 53.0 Å². The minimum absolute atomic E-state index is 0.00479. The van der Waals surface area contributed by atoms with Crippen LogP contribution in [0.1, 0.15) is 85.5 Å². The number of carbonyl (C=O) groups is 5. The van der Waals surface area contributed by atoms with E-state index in [0.29, 0.717) is 19.4 Å². The smallest absolute Gasteiger partial charge is 0.289 e. The number of fused-ring (bicyclic) bond motifs is 1. The minimum atomic E-state index is -1.11. The third kappa shape index (κ3) is 7.87. The molecule has 0 aromatic rings. The summed E-state index contributed by atoms with van der Waals surface area (Å²) in [6.45, 7) is 11.8. The summed E-state index contributed by atoms with van der Waals surface area (Å²) in [5, 5.41) is 5.24. The molecule has 3 fully saturated rings. The number of piperidine rings is 1. The van der Waals surface area contributed by atoms with Crippen molar-refractivity contribution >= 4 is 52.5 Å². The molecular weight excluding hydrogens is 553 g/mol. The fourth-order valence-corrected chi connectivity index (χ4v) is 7.11. The Hall–Kier alpha value is -1.93. The van der Waals surface area contributed by atoms with E-state index < -0.39 is 39.9 Å². The lowest BCUT2D eigenvalue weighted by Crippen LogP contribution is -2.56. The average molecular weight is 599 g/mol. The van der Waals surface area contributed by atoms with Gasteiger partial charge in [0.05, 0.1) is 6.04 Å². The van der Waals surface area contributed by atoms with Gasteiger partial charge in [-0.25, -0.2) is 0 Å². The van der Waals surface area contributed by atoms with Gasteiger partial charge in [0.2, 0.25) is 17.6 Å². The first-order valence-electron chi connectivity index (χ1n) is 14.6. The van der Waals surface area contributed by atoms with E-state index in [4.69, 9.17) is 23.2 Å². The van der Waals surface area contributed by atoms with E-state index in [1.165, 1.54) is 6.42 Å². The first-order valence-corrected chi connectivity index (χ1v) is 15.4. The predicted molar refractivity (Wildman–Crippen MR) is 156 cm³/mol. The molecule has 0 radical (unpaired) electrons. The first kappa shape index (κ1) is 32.6. The van der Waals surface area contributed by atoms with E-state index in [-0.39, 0.29) is 54.2 Å². The highest BCUT2D eigenvalue weighted by molar-refractivity contribution is 6.51. The Morgan fingerprint density at radius 2 is 1.75 bits per heavy atom. The zero-order valence-electron chi connectivity index (χ0n) is 24.3. The van der Waals surface area contributed by atoms with Crippen LogP contribution in [0.4, 0.5) is 0 Å². The highest BCUT2D eigenvalue weighted by atomic mass is 35.5.